The monoisotopic (exact) mass is 649 g/mol. The molecule has 3 heterocycles. The zero-order valence-electron chi connectivity index (χ0n) is 26.6. The molecule has 1 saturated carbocycles. The van der Waals surface area contributed by atoms with Crippen molar-refractivity contribution in [2.24, 2.45) is 11.8 Å². The van der Waals surface area contributed by atoms with E-state index in [0.29, 0.717) is 62.8 Å². The maximum Gasteiger partial charge on any atom is 0.414 e. The number of halogens is 3. The first kappa shape index (κ1) is 34.2. The molecule has 6 atom stereocenters. The molecule has 0 radical (unpaired) electrons. The second-order valence-corrected chi connectivity index (χ2v) is 13.5. The van der Waals surface area contributed by atoms with Crippen LogP contribution >= 0.6 is 0 Å². The van der Waals surface area contributed by atoms with Gasteiger partial charge in [-0.2, -0.15) is 13.2 Å². The Morgan fingerprint density at radius 2 is 1.78 bits per heavy atom. The molecule has 0 aromatic heterocycles. The molecule has 5 rings (SSSR count). The molecule has 2 amide bonds. The van der Waals surface area contributed by atoms with Crippen molar-refractivity contribution in [1.82, 2.24) is 15.1 Å². The van der Waals surface area contributed by atoms with Crippen LogP contribution in [0.5, 0.6) is 5.75 Å². The Labute approximate surface area is 268 Å². The zero-order valence-corrected chi connectivity index (χ0v) is 26.6. The highest BCUT2D eigenvalue weighted by molar-refractivity contribution is 5.87. The summed E-state index contributed by atoms with van der Waals surface area (Å²) < 4.78 is 47.9. The highest BCUT2D eigenvalue weighted by Gasteiger charge is 2.48. The lowest BCUT2D eigenvalue weighted by Gasteiger charge is -2.46. The van der Waals surface area contributed by atoms with Crippen molar-refractivity contribution < 1.29 is 42.5 Å². The first-order chi connectivity index (χ1) is 21.8. The van der Waals surface area contributed by atoms with E-state index in [-0.39, 0.29) is 50.4 Å². The Morgan fingerprint density at radius 3 is 2.43 bits per heavy atom. The van der Waals surface area contributed by atoms with Gasteiger partial charge in [0.1, 0.15) is 11.8 Å². The fraction of sp³-hybridized carbons (Fsp3) is 0.676. The standard InChI is InChI=1S/C34H46F3N3O6/c1-3-7-27-24(8-6-17-40(27)31(42)29-26(34(35,36)37)14-11-21(2)38-29)30(41)39-18-15-33(45,16-19-39)25-9-4-5-10-28(25)46-23-13-12-22(20-23)32(43)44/h4-5,9-10,14,21-24,27,29,38,45H,3,6-8,11-13,15-20H2,1-2H3,(H,43,44)/t21?,22-,23+,24-,27-,29?/m1/s1. The molecule has 0 spiro atoms. The van der Waals surface area contributed by atoms with Crippen LogP contribution in [0.15, 0.2) is 35.9 Å². The van der Waals surface area contributed by atoms with Crippen LogP contribution in [-0.2, 0) is 20.0 Å². The normalized spacial score (nSPS) is 30.1. The molecule has 1 aromatic carbocycles. The molecule has 4 aliphatic rings. The van der Waals surface area contributed by atoms with E-state index >= 15 is 0 Å². The summed E-state index contributed by atoms with van der Waals surface area (Å²) in [6.07, 6.45) is 0.735. The van der Waals surface area contributed by atoms with E-state index in [1.165, 1.54) is 4.90 Å². The summed E-state index contributed by atoms with van der Waals surface area (Å²) in [5.41, 5.74) is -1.51. The molecule has 2 unspecified atom stereocenters. The molecule has 1 aromatic rings. The van der Waals surface area contributed by atoms with Crippen molar-refractivity contribution in [3.63, 3.8) is 0 Å². The van der Waals surface area contributed by atoms with Crippen molar-refractivity contribution in [3.8, 4) is 5.75 Å². The molecule has 0 bridgehead atoms. The van der Waals surface area contributed by atoms with Crippen molar-refractivity contribution in [2.45, 2.75) is 114 Å². The highest BCUT2D eigenvalue weighted by Crippen LogP contribution is 2.41. The molecule has 46 heavy (non-hydrogen) atoms. The Bertz CT molecular complexity index is 1310. The van der Waals surface area contributed by atoms with Crippen LogP contribution in [0.4, 0.5) is 13.2 Å². The Kier molecular flexibility index (Phi) is 10.4. The van der Waals surface area contributed by atoms with Gasteiger partial charge in [0.2, 0.25) is 11.8 Å². The molecule has 254 valence electrons. The summed E-state index contributed by atoms with van der Waals surface area (Å²) in [6.45, 7) is 4.55. The van der Waals surface area contributed by atoms with Gasteiger partial charge >= 0.3 is 12.1 Å². The number of piperidine rings is 2. The van der Waals surface area contributed by atoms with Crippen molar-refractivity contribution >= 4 is 17.8 Å². The fourth-order valence-corrected chi connectivity index (χ4v) is 7.79. The third-order valence-electron chi connectivity index (χ3n) is 10.3. The van der Waals surface area contributed by atoms with Crippen LogP contribution in [0, 0.1) is 11.8 Å². The average Bonchev–Trinajstić information content (AvgIpc) is 3.49. The molecular weight excluding hydrogens is 603 g/mol. The summed E-state index contributed by atoms with van der Waals surface area (Å²) >= 11 is 0. The van der Waals surface area contributed by atoms with E-state index in [4.69, 9.17) is 4.74 Å². The number of para-hydroxylation sites is 1. The molecule has 1 aliphatic carbocycles. The number of likely N-dealkylation sites (tertiary alicyclic amines) is 2. The molecule has 3 fully saturated rings. The first-order valence-corrected chi connectivity index (χ1v) is 16.7. The first-order valence-electron chi connectivity index (χ1n) is 16.7. The van der Waals surface area contributed by atoms with Gasteiger partial charge < -0.3 is 24.7 Å². The quantitative estimate of drug-likeness (QED) is 0.347. The van der Waals surface area contributed by atoms with E-state index in [9.17, 15) is 37.8 Å². The van der Waals surface area contributed by atoms with Crippen LogP contribution in [-0.4, -0.2) is 87.8 Å². The zero-order chi connectivity index (χ0) is 33.2. The van der Waals surface area contributed by atoms with Gasteiger partial charge in [-0.3, -0.25) is 19.7 Å². The number of nitrogens with zero attached hydrogens (tertiary/aromatic N) is 2. The van der Waals surface area contributed by atoms with Crippen molar-refractivity contribution in [2.75, 3.05) is 19.6 Å². The van der Waals surface area contributed by atoms with E-state index < -0.39 is 53.1 Å². The fourth-order valence-electron chi connectivity index (χ4n) is 7.79. The minimum absolute atomic E-state index is 0.134. The maximum atomic E-state index is 14.0. The summed E-state index contributed by atoms with van der Waals surface area (Å²) in [5, 5.41) is 24.0. The number of rotatable bonds is 8. The van der Waals surface area contributed by atoms with Gasteiger partial charge in [-0.25, -0.2) is 0 Å². The third-order valence-corrected chi connectivity index (χ3v) is 10.3. The lowest BCUT2D eigenvalue weighted by Crippen LogP contribution is -2.60. The average molecular weight is 650 g/mol. The van der Waals surface area contributed by atoms with E-state index in [1.807, 2.05) is 25.1 Å². The second-order valence-electron chi connectivity index (χ2n) is 13.5. The Morgan fingerprint density at radius 1 is 1.07 bits per heavy atom. The Hall–Kier alpha value is -3.12. The smallest absolute Gasteiger partial charge is 0.414 e. The largest absolute Gasteiger partial charge is 0.490 e. The van der Waals surface area contributed by atoms with Gasteiger partial charge in [0, 0.05) is 37.3 Å². The molecule has 2 saturated heterocycles. The van der Waals surface area contributed by atoms with Gasteiger partial charge in [-0.1, -0.05) is 37.6 Å². The van der Waals surface area contributed by atoms with Crippen molar-refractivity contribution in [1.29, 1.82) is 0 Å². The number of carbonyl (C=O) groups is 3. The van der Waals surface area contributed by atoms with E-state index in [1.54, 1.807) is 17.9 Å². The third kappa shape index (κ3) is 7.22. The summed E-state index contributed by atoms with van der Waals surface area (Å²) in [6, 6.07) is 4.93. The number of amides is 2. The molecular formula is C34H46F3N3O6. The minimum Gasteiger partial charge on any atom is -0.490 e. The van der Waals surface area contributed by atoms with Crippen LogP contribution in [0.25, 0.3) is 0 Å². The van der Waals surface area contributed by atoms with Gasteiger partial charge in [0.05, 0.1) is 29.1 Å². The number of hydrogen-bond acceptors (Lipinski definition) is 6. The number of carboxylic acids is 1. The van der Waals surface area contributed by atoms with Gasteiger partial charge in [-0.15, -0.1) is 0 Å². The second kappa shape index (κ2) is 13.9. The SMILES string of the molecule is CCC[C@@H]1[C@H](C(=O)N2CCC(O)(c3ccccc3O[C@H]3CC[C@@H](C(=O)O)C3)CC2)CCCN1C(=O)C1NC(C)CC=C1C(F)(F)F. The lowest BCUT2D eigenvalue weighted by atomic mass is 9.81. The topological polar surface area (TPSA) is 119 Å². The summed E-state index contributed by atoms with van der Waals surface area (Å²) in [7, 11) is 0. The predicted molar refractivity (Wildman–Crippen MR) is 164 cm³/mol. The number of alkyl halides is 3. The number of benzene rings is 1. The van der Waals surface area contributed by atoms with Gasteiger partial charge in [0.25, 0.3) is 0 Å². The van der Waals surface area contributed by atoms with Gasteiger partial charge in [-0.05, 0) is 70.8 Å². The van der Waals surface area contributed by atoms with Crippen LogP contribution in [0.3, 0.4) is 0 Å². The predicted octanol–water partition coefficient (Wildman–Crippen LogP) is 4.78. The molecule has 9 nitrogen and oxygen atoms in total. The summed E-state index contributed by atoms with van der Waals surface area (Å²) in [4.78, 5) is 42.4. The maximum absolute atomic E-state index is 14.0. The Balaban J connectivity index is 1.27. The van der Waals surface area contributed by atoms with Crippen LogP contribution in [0.2, 0.25) is 0 Å². The molecule has 3 aliphatic heterocycles. The molecule has 12 heteroatoms. The minimum atomic E-state index is -4.63. The van der Waals surface area contributed by atoms with Crippen LogP contribution in [0.1, 0.15) is 83.6 Å². The van der Waals surface area contributed by atoms with Crippen LogP contribution < -0.4 is 10.1 Å². The number of carbonyl (C=O) groups excluding carboxylic acids is 2. The van der Waals surface area contributed by atoms with Gasteiger partial charge in [0.15, 0.2) is 0 Å². The number of aliphatic carboxylic acids is 1. The van der Waals surface area contributed by atoms with Crippen molar-refractivity contribution in [3.05, 3.63) is 41.5 Å². The number of aliphatic hydroxyl groups is 1. The number of carboxylic acid groups (broad SMARTS) is 1. The summed E-state index contributed by atoms with van der Waals surface area (Å²) in [5.74, 6) is -2.06. The van der Waals surface area contributed by atoms with E-state index in [2.05, 4.69) is 5.32 Å². The number of ether oxygens (including phenoxy) is 1. The number of nitrogens with one attached hydrogen (secondary N) is 1. The van der Waals surface area contributed by atoms with E-state index in [0.717, 1.165) is 6.08 Å². The highest BCUT2D eigenvalue weighted by atomic mass is 19.4. The number of hydrogen-bond donors (Lipinski definition) is 3. The molecule has 3 N–H and O–H groups in total. The lowest BCUT2D eigenvalue weighted by molar-refractivity contribution is -0.151.